The molecule has 4 aliphatic heterocycles. The lowest BCUT2D eigenvalue weighted by Crippen LogP contribution is -2.64. The molecule has 0 aromatic heterocycles. The Kier molecular flexibility index (Phi) is 19.2. The lowest BCUT2D eigenvalue weighted by molar-refractivity contribution is -0.357. The van der Waals surface area contributed by atoms with Crippen LogP contribution in [-0.2, 0) is 28.4 Å². The molecule has 1 aromatic carbocycles. The van der Waals surface area contributed by atoms with Gasteiger partial charge in [0.15, 0.2) is 18.9 Å². The lowest BCUT2D eigenvalue weighted by Gasteiger charge is -2.45. The number of ether oxygens (including phenoxy) is 6. The molecule has 0 radical (unpaired) electrons. The average Bonchev–Trinajstić information content (AvgIpc) is 3.41. The van der Waals surface area contributed by atoms with Crippen molar-refractivity contribution in [3.8, 4) is 5.75 Å². The molecule has 0 spiro atoms. The standard InChI is InChI=1S/C12H19Cl3O8.C12H22O11.C7H7ClO/c13-1-4-7(17)10(20)12(3-14,22-4)23-11-9(19)8(18)6(15)5(2-16)21-11;13-1-3-5(15)6(16)9(19)12(22-3)23-10-4(2-14)21-11(20)8(18)7(10)17;1-5-4-6(9)2-3-7(5)8/h4-11,16-20H,1-3H2;3-20H,1-2H2;2-4,9H,1H3/t4-,5-,6+,7-,8+,9-,10+,11-,12+;3-,4-,5-,6+,7-,8-,9-,10-,11-,12-;/m11./s1. The van der Waals surface area contributed by atoms with E-state index in [0.717, 1.165) is 5.56 Å². The number of aryl methyl sites for hydroxylation is 1. The molecule has 4 aliphatic rings. The van der Waals surface area contributed by atoms with Crippen LogP contribution >= 0.6 is 46.4 Å². The zero-order valence-corrected chi connectivity index (χ0v) is 31.9. The molecule has 55 heavy (non-hydrogen) atoms. The van der Waals surface area contributed by atoms with E-state index in [2.05, 4.69) is 0 Å². The number of aliphatic hydroxyl groups is 13. The highest BCUT2D eigenvalue weighted by molar-refractivity contribution is 6.31. The molecular weight excluding hydrogens is 834 g/mol. The van der Waals surface area contributed by atoms with Crippen LogP contribution in [0.15, 0.2) is 18.2 Å². The van der Waals surface area contributed by atoms with E-state index in [1.165, 1.54) is 0 Å². The normalized spacial score (nSPS) is 44.5. The highest BCUT2D eigenvalue weighted by Gasteiger charge is 2.58. The minimum Gasteiger partial charge on any atom is -0.508 e. The van der Waals surface area contributed by atoms with E-state index in [1.807, 2.05) is 6.92 Å². The van der Waals surface area contributed by atoms with Gasteiger partial charge in [-0.15, -0.1) is 34.8 Å². The van der Waals surface area contributed by atoms with Crippen molar-refractivity contribution in [2.24, 2.45) is 0 Å². The van der Waals surface area contributed by atoms with Crippen molar-refractivity contribution in [3.63, 3.8) is 0 Å². The van der Waals surface area contributed by atoms with E-state index >= 15 is 0 Å². The molecule has 0 amide bonds. The Morgan fingerprint density at radius 1 is 0.673 bits per heavy atom. The topological polar surface area (TPSA) is 339 Å². The maximum atomic E-state index is 10.1. The van der Waals surface area contributed by atoms with Gasteiger partial charge >= 0.3 is 0 Å². The number of hydrogen-bond donors (Lipinski definition) is 14. The van der Waals surface area contributed by atoms with Crippen LogP contribution in [0.2, 0.25) is 5.02 Å². The minimum atomic E-state index is -1.90. The van der Waals surface area contributed by atoms with Crippen molar-refractivity contribution >= 4 is 46.4 Å². The number of alkyl halides is 3. The van der Waals surface area contributed by atoms with Crippen LogP contribution in [0.3, 0.4) is 0 Å². The van der Waals surface area contributed by atoms with Crippen LogP contribution in [0.4, 0.5) is 0 Å². The molecule has 0 aliphatic carbocycles. The average molecular weight is 883 g/mol. The Morgan fingerprint density at radius 3 is 1.76 bits per heavy atom. The number of benzene rings is 1. The van der Waals surface area contributed by atoms with E-state index in [4.69, 9.17) is 85.0 Å². The molecule has 0 unspecified atom stereocenters. The second kappa shape index (κ2) is 21.6. The van der Waals surface area contributed by atoms with Crippen molar-refractivity contribution in [2.45, 2.75) is 122 Å². The first-order valence-corrected chi connectivity index (χ1v) is 18.5. The molecular formula is C31H48Cl4O20. The summed E-state index contributed by atoms with van der Waals surface area (Å²) >= 11 is 23.0. The highest BCUT2D eigenvalue weighted by atomic mass is 35.5. The van der Waals surface area contributed by atoms with Crippen molar-refractivity contribution in [1.29, 1.82) is 0 Å². The SMILES string of the molecule is Cc1cc(O)ccc1Cl.OC[C@H]1O[C@H](O[C@H]2[C@H](O)[C@@H](O)[C@H](O)O[C@@H]2CO)[C@H](O)[C@@H](O)[C@@H]1O.OC[C@H]1O[C@H](O[C@]2(CCl)O[C@H](CCl)[C@@H](O)[C@@H]2O)[C@H](O)[C@@H](O)[C@H]1Cl. The highest BCUT2D eigenvalue weighted by Crippen LogP contribution is 2.38. The summed E-state index contributed by atoms with van der Waals surface area (Å²) in [6.45, 7) is -0.0215. The molecule has 24 heteroatoms. The van der Waals surface area contributed by atoms with Crippen molar-refractivity contribution in [3.05, 3.63) is 28.8 Å². The van der Waals surface area contributed by atoms with E-state index in [-0.39, 0.29) is 11.6 Å². The Hall–Kier alpha value is -0.580. The van der Waals surface area contributed by atoms with Crippen LogP contribution in [0.1, 0.15) is 5.56 Å². The monoisotopic (exact) mass is 880 g/mol. The molecule has 20 nitrogen and oxygen atoms in total. The molecule has 1 aromatic rings. The summed E-state index contributed by atoms with van der Waals surface area (Å²) in [7, 11) is 0. The third-order valence-corrected chi connectivity index (χ3v) is 10.7. The number of hydrogen-bond acceptors (Lipinski definition) is 20. The predicted octanol–water partition coefficient (Wildman–Crippen LogP) is -4.70. The Bertz CT molecular complexity index is 1310. The first-order valence-electron chi connectivity index (χ1n) is 16.6. The number of aromatic hydroxyl groups is 1. The summed E-state index contributed by atoms with van der Waals surface area (Å²) < 4.78 is 31.4. The molecule has 19 atom stereocenters. The minimum absolute atomic E-state index is 0.125. The van der Waals surface area contributed by atoms with Gasteiger partial charge in [-0.1, -0.05) is 11.6 Å². The molecule has 320 valence electrons. The van der Waals surface area contributed by atoms with Crippen LogP contribution < -0.4 is 0 Å². The fourth-order valence-electron chi connectivity index (χ4n) is 5.75. The largest absolute Gasteiger partial charge is 0.508 e. The van der Waals surface area contributed by atoms with E-state index in [1.54, 1.807) is 18.2 Å². The second-order valence-corrected chi connectivity index (χ2v) is 14.4. The molecule has 0 saturated carbocycles. The third kappa shape index (κ3) is 11.4. The van der Waals surface area contributed by atoms with Crippen molar-refractivity contribution < 1.29 is 99.9 Å². The molecule has 0 bridgehead atoms. The molecule has 4 saturated heterocycles. The third-order valence-electron chi connectivity index (χ3n) is 9.08. The second-order valence-electron chi connectivity index (χ2n) is 12.9. The number of phenols is 1. The summed E-state index contributed by atoms with van der Waals surface area (Å²) in [5.74, 6) is -2.17. The summed E-state index contributed by atoms with van der Waals surface area (Å²) in [6.07, 6.45) is -25.0. The van der Waals surface area contributed by atoms with Gasteiger partial charge in [0.1, 0.15) is 91.2 Å². The first kappa shape index (κ1) is 48.8. The van der Waals surface area contributed by atoms with Crippen molar-refractivity contribution in [1.82, 2.24) is 0 Å². The van der Waals surface area contributed by atoms with Crippen LogP contribution in [0.5, 0.6) is 5.75 Å². The lowest BCUT2D eigenvalue weighted by atomic mass is 9.97. The zero-order chi connectivity index (χ0) is 41.5. The zero-order valence-electron chi connectivity index (χ0n) is 28.9. The van der Waals surface area contributed by atoms with Gasteiger partial charge in [0.2, 0.25) is 5.79 Å². The maximum absolute atomic E-state index is 10.1. The molecule has 4 fully saturated rings. The number of aliphatic hydroxyl groups excluding tert-OH is 13. The van der Waals surface area contributed by atoms with Gasteiger partial charge in [-0.3, -0.25) is 0 Å². The summed E-state index contributed by atoms with van der Waals surface area (Å²) in [5.41, 5.74) is 0.900. The molecule has 4 heterocycles. The van der Waals surface area contributed by atoms with Gasteiger partial charge in [-0.05, 0) is 30.7 Å². The maximum Gasteiger partial charge on any atom is 0.214 e. The Balaban J connectivity index is 0.000000242. The molecule has 14 N–H and O–H groups in total. The summed E-state index contributed by atoms with van der Waals surface area (Å²) in [5, 5.41) is 134. The van der Waals surface area contributed by atoms with Crippen LogP contribution in [0.25, 0.3) is 0 Å². The quantitative estimate of drug-likeness (QED) is 0.104. The Labute approximate surface area is 334 Å². The van der Waals surface area contributed by atoms with Gasteiger partial charge in [0, 0.05) is 5.02 Å². The van der Waals surface area contributed by atoms with Gasteiger partial charge in [-0.25, -0.2) is 0 Å². The smallest absolute Gasteiger partial charge is 0.214 e. The summed E-state index contributed by atoms with van der Waals surface area (Å²) in [4.78, 5) is 0. The fraction of sp³-hybridized carbons (Fsp3) is 0.806. The van der Waals surface area contributed by atoms with Gasteiger partial charge in [0.05, 0.1) is 37.0 Å². The van der Waals surface area contributed by atoms with Crippen LogP contribution in [-0.4, -0.2) is 219 Å². The first-order chi connectivity index (χ1) is 25.8. The predicted molar refractivity (Wildman–Crippen MR) is 186 cm³/mol. The van der Waals surface area contributed by atoms with E-state index < -0.39 is 141 Å². The van der Waals surface area contributed by atoms with E-state index in [0.29, 0.717) is 5.02 Å². The summed E-state index contributed by atoms with van der Waals surface area (Å²) in [6, 6.07) is 4.86. The van der Waals surface area contributed by atoms with Crippen LogP contribution in [0, 0.1) is 6.92 Å². The number of rotatable bonds is 9. The van der Waals surface area contributed by atoms with Gasteiger partial charge < -0.3 is 99.9 Å². The Morgan fingerprint density at radius 2 is 1.25 bits per heavy atom. The fourth-order valence-corrected chi connectivity index (χ4v) is 6.69. The number of halogens is 4. The van der Waals surface area contributed by atoms with E-state index in [9.17, 15) is 61.3 Å². The number of phenolic OH excluding ortho intramolecular Hbond substituents is 1. The van der Waals surface area contributed by atoms with Gasteiger partial charge in [0.25, 0.3) is 0 Å². The van der Waals surface area contributed by atoms with Crippen molar-refractivity contribution in [2.75, 3.05) is 31.6 Å². The van der Waals surface area contributed by atoms with Gasteiger partial charge in [-0.2, -0.15) is 0 Å². The molecule has 5 rings (SSSR count).